The fraction of sp³-hybridized carbons (Fsp3) is 0.600. The number of aldehydes is 1. The first kappa shape index (κ1) is 10.9. The van der Waals surface area contributed by atoms with Crippen molar-refractivity contribution in [2.75, 3.05) is 0 Å². The molecule has 2 heteroatoms. The van der Waals surface area contributed by atoms with E-state index in [-0.39, 0.29) is 0 Å². The Hall–Kier alpha value is -1.18. The van der Waals surface area contributed by atoms with Crippen LogP contribution in [0, 0.1) is 0 Å². The maximum atomic E-state index is 11.2. The van der Waals surface area contributed by atoms with Crippen LogP contribution in [0.5, 0.6) is 0 Å². The zero-order valence-corrected chi connectivity index (χ0v) is 10.2. The first-order chi connectivity index (χ1) is 8.38. The molecule has 17 heavy (non-hydrogen) atoms. The number of carbonyl (C=O) groups is 1. The SMILES string of the molecule is O=Cc1cc(C2CC2)cnc1C1CCCCC1. The molecule has 2 saturated carbocycles. The van der Waals surface area contributed by atoms with Gasteiger partial charge in [-0.1, -0.05) is 19.3 Å². The van der Waals surface area contributed by atoms with E-state index in [9.17, 15) is 4.79 Å². The number of hydrogen-bond donors (Lipinski definition) is 0. The zero-order chi connectivity index (χ0) is 11.7. The van der Waals surface area contributed by atoms with E-state index < -0.39 is 0 Å². The van der Waals surface area contributed by atoms with Gasteiger partial charge in [-0.15, -0.1) is 0 Å². The van der Waals surface area contributed by atoms with Crippen LogP contribution in [0.15, 0.2) is 12.3 Å². The van der Waals surface area contributed by atoms with Gasteiger partial charge in [-0.3, -0.25) is 9.78 Å². The van der Waals surface area contributed by atoms with Gasteiger partial charge in [0, 0.05) is 17.7 Å². The minimum atomic E-state index is 0.525. The topological polar surface area (TPSA) is 30.0 Å². The van der Waals surface area contributed by atoms with Gasteiger partial charge in [0.15, 0.2) is 6.29 Å². The summed E-state index contributed by atoms with van der Waals surface area (Å²) in [5.41, 5.74) is 3.18. The highest BCUT2D eigenvalue weighted by Crippen LogP contribution is 2.41. The third-order valence-corrected chi connectivity index (χ3v) is 4.14. The van der Waals surface area contributed by atoms with E-state index in [0.29, 0.717) is 11.8 Å². The molecule has 3 rings (SSSR count). The number of hydrogen-bond acceptors (Lipinski definition) is 2. The van der Waals surface area contributed by atoms with Crippen molar-refractivity contribution in [2.24, 2.45) is 0 Å². The summed E-state index contributed by atoms with van der Waals surface area (Å²) in [6.07, 6.45) is 11.9. The molecule has 2 aliphatic carbocycles. The third kappa shape index (κ3) is 2.26. The lowest BCUT2D eigenvalue weighted by Gasteiger charge is -2.22. The molecular formula is C15H19NO. The predicted molar refractivity (Wildman–Crippen MR) is 67.4 cm³/mol. The van der Waals surface area contributed by atoms with Crippen LogP contribution in [0.25, 0.3) is 0 Å². The van der Waals surface area contributed by atoms with Crippen LogP contribution in [0.2, 0.25) is 0 Å². The first-order valence-corrected chi connectivity index (χ1v) is 6.83. The Morgan fingerprint density at radius 1 is 1.06 bits per heavy atom. The second-order valence-electron chi connectivity index (χ2n) is 5.47. The predicted octanol–water partition coefficient (Wildman–Crippen LogP) is 3.82. The second kappa shape index (κ2) is 4.59. The van der Waals surface area contributed by atoms with E-state index in [0.717, 1.165) is 17.5 Å². The van der Waals surface area contributed by atoms with Gasteiger partial charge in [0.2, 0.25) is 0 Å². The number of rotatable bonds is 3. The Balaban J connectivity index is 1.89. The molecule has 0 N–H and O–H groups in total. The summed E-state index contributed by atoms with van der Waals surface area (Å²) in [6.45, 7) is 0. The van der Waals surface area contributed by atoms with Crippen LogP contribution < -0.4 is 0 Å². The minimum absolute atomic E-state index is 0.525. The highest BCUT2D eigenvalue weighted by molar-refractivity contribution is 5.77. The molecule has 2 fully saturated rings. The molecular weight excluding hydrogens is 210 g/mol. The van der Waals surface area contributed by atoms with E-state index >= 15 is 0 Å². The van der Waals surface area contributed by atoms with Crippen molar-refractivity contribution >= 4 is 6.29 Å². The quantitative estimate of drug-likeness (QED) is 0.737. The van der Waals surface area contributed by atoms with E-state index in [2.05, 4.69) is 11.1 Å². The first-order valence-electron chi connectivity index (χ1n) is 6.83. The van der Waals surface area contributed by atoms with Crippen LogP contribution in [0.3, 0.4) is 0 Å². The lowest BCUT2D eigenvalue weighted by molar-refractivity contribution is 0.112. The molecule has 0 atom stereocenters. The molecule has 0 amide bonds. The fourth-order valence-electron chi connectivity index (χ4n) is 2.96. The van der Waals surface area contributed by atoms with E-state index in [1.54, 1.807) is 0 Å². The summed E-state index contributed by atoms with van der Waals surface area (Å²) in [5, 5.41) is 0. The van der Waals surface area contributed by atoms with Crippen molar-refractivity contribution in [3.63, 3.8) is 0 Å². The van der Waals surface area contributed by atoms with Crippen LogP contribution >= 0.6 is 0 Å². The van der Waals surface area contributed by atoms with Gasteiger partial charge in [-0.25, -0.2) is 0 Å². The van der Waals surface area contributed by atoms with Crippen LogP contribution in [0.1, 0.15) is 78.4 Å². The van der Waals surface area contributed by atoms with Crippen LogP contribution in [-0.4, -0.2) is 11.3 Å². The summed E-state index contributed by atoms with van der Waals surface area (Å²) in [7, 11) is 0. The maximum Gasteiger partial charge on any atom is 0.151 e. The van der Waals surface area contributed by atoms with Crippen molar-refractivity contribution in [3.8, 4) is 0 Å². The normalized spacial score (nSPS) is 21.4. The summed E-state index contributed by atoms with van der Waals surface area (Å²) in [5.74, 6) is 1.21. The summed E-state index contributed by atoms with van der Waals surface area (Å²) in [6, 6.07) is 2.08. The van der Waals surface area contributed by atoms with Gasteiger partial charge in [0.25, 0.3) is 0 Å². The maximum absolute atomic E-state index is 11.2. The molecule has 0 spiro atoms. The molecule has 90 valence electrons. The summed E-state index contributed by atoms with van der Waals surface area (Å²) in [4.78, 5) is 15.8. The lowest BCUT2D eigenvalue weighted by Crippen LogP contribution is -2.10. The average Bonchev–Trinajstić information content (AvgIpc) is 3.23. The Morgan fingerprint density at radius 3 is 2.47 bits per heavy atom. The van der Waals surface area contributed by atoms with Crippen molar-refractivity contribution in [2.45, 2.75) is 56.8 Å². The van der Waals surface area contributed by atoms with Gasteiger partial charge in [0.05, 0.1) is 5.69 Å². The number of carbonyl (C=O) groups excluding carboxylic acids is 1. The van der Waals surface area contributed by atoms with Crippen LogP contribution in [0.4, 0.5) is 0 Å². The van der Waals surface area contributed by atoms with Gasteiger partial charge < -0.3 is 0 Å². The Morgan fingerprint density at radius 2 is 1.82 bits per heavy atom. The largest absolute Gasteiger partial charge is 0.298 e. The Labute approximate surface area is 102 Å². The minimum Gasteiger partial charge on any atom is -0.298 e. The second-order valence-corrected chi connectivity index (χ2v) is 5.47. The average molecular weight is 229 g/mol. The molecule has 2 aliphatic rings. The molecule has 1 aromatic heterocycles. The molecule has 0 unspecified atom stereocenters. The summed E-state index contributed by atoms with van der Waals surface area (Å²) >= 11 is 0. The number of nitrogens with zero attached hydrogens (tertiary/aromatic N) is 1. The molecule has 0 aromatic carbocycles. The van der Waals surface area contributed by atoms with Crippen molar-refractivity contribution in [1.29, 1.82) is 0 Å². The van der Waals surface area contributed by atoms with Gasteiger partial charge >= 0.3 is 0 Å². The third-order valence-electron chi connectivity index (χ3n) is 4.14. The lowest BCUT2D eigenvalue weighted by atomic mass is 9.85. The van der Waals surface area contributed by atoms with Gasteiger partial charge in [0.1, 0.15) is 0 Å². The Kier molecular flexibility index (Phi) is 2.96. The highest BCUT2D eigenvalue weighted by Gasteiger charge is 2.26. The summed E-state index contributed by atoms with van der Waals surface area (Å²) < 4.78 is 0. The van der Waals surface area contributed by atoms with E-state index in [4.69, 9.17) is 0 Å². The number of pyridine rings is 1. The molecule has 2 nitrogen and oxygen atoms in total. The molecule has 0 bridgehead atoms. The smallest absolute Gasteiger partial charge is 0.151 e. The van der Waals surface area contributed by atoms with E-state index in [1.165, 1.54) is 50.5 Å². The molecule has 0 saturated heterocycles. The van der Waals surface area contributed by atoms with Gasteiger partial charge in [-0.05, 0) is 43.2 Å². The molecule has 0 aliphatic heterocycles. The van der Waals surface area contributed by atoms with Gasteiger partial charge in [-0.2, -0.15) is 0 Å². The monoisotopic (exact) mass is 229 g/mol. The van der Waals surface area contributed by atoms with Crippen LogP contribution in [-0.2, 0) is 0 Å². The van der Waals surface area contributed by atoms with Crippen molar-refractivity contribution in [3.05, 3.63) is 29.1 Å². The number of aromatic nitrogens is 1. The highest BCUT2D eigenvalue weighted by atomic mass is 16.1. The fourth-order valence-corrected chi connectivity index (χ4v) is 2.96. The molecule has 1 aromatic rings. The Bertz CT molecular complexity index is 417. The van der Waals surface area contributed by atoms with E-state index in [1.807, 2.05) is 6.20 Å². The molecule has 0 radical (unpaired) electrons. The van der Waals surface area contributed by atoms with Crippen molar-refractivity contribution < 1.29 is 4.79 Å². The molecule has 1 heterocycles. The standard InChI is InChI=1S/C15H19NO/c17-10-14-8-13(11-6-7-11)9-16-15(14)12-4-2-1-3-5-12/h8-12H,1-7H2. The van der Waals surface area contributed by atoms with Crippen molar-refractivity contribution in [1.82, 2.24) is 4.98 Å². The zero-order valence-electron chi connectivity index (χ0n) is 10.2.